The Labute approximate surface area is 104 Å². The maximum absolute atomic E-state index is 13.5. The van der Waals surface area contributed by atoms with E-state index in [1.807, 2.05) is 6.92 Å². The molecule has 0 radical (unpaired) electrons. The van der Waals surface area contributed by atoms with Gasteiger partial charge in [-0.15, -0.1) is 0 Å². The fourth-order valence-electron chi connectivity index (χ4n) is 1.82. The first-order chi connectivity index (χ1) is 8.72. The summed E-state index contributed by atoms with van der Waals surface area (Å²) in [6.45, 7) is 2.27. The average Bonchev–Trinajstić information content (AvgIpc) is 2.89. The zero-order chi connectivity index (χ0) is 13.0. The fourth-order valence-corrected chi connectivity index (χ4v) is 1.82. The number of H-pyrrole nitrogens is 1. The number of rotatable bonds is 5. The summed E-state index contributed by atoms with van der Waals surface area (Å²) >= 11 is 0. The van der Waals surface area contributed by atoms with E-state index in [1.54, 1.807) is 18.5 Å². The zero-order valence-electron chi connectivity index (χ0n) is 10.1. The molecule has 18 heavy (non-hydrogen) atoms. The van der Waals surface area contributed by atoms with Crippen LogP contribution in [0.1, 0.15) is 30.8 Å². The highest BCUT2D eigenvalue weighted by atomic mass is 19.2. The smallest absolute Gasteiger partial charge is 0.163 e. The van der Waals surface area contributed by atoms with Gasteiger partial charge in [-0.25, -0.2) is 13.8 Å². The van der Waals surface area contributed by atoms with Crippen LogP contribution in [0, 0.1) is 11.6 Å². The van der Waals surface area contributed by atoms with E-state index in [1.165, 1.54) is 6.07 Å². The van der Waals surface area contributed by atoms with E-state index < -0.39 is 11.6 Å². The summed E-state index contributed by atoms with van der Waals surface area (Å²) in [6, 6.07) is 4.19. The van der Waals surface area contributed by atoms with E-state index in [0.717, 1.165) is 18.3 Å². The molecule has 1 atom stereocenters. The van der Waals surface area contributed by atoms with E-state index in [4.69, 9.17) is 0 Å². The Hall–Kier alpha value is -1.75. The molecule has 2 N–H and O–H groups in total. The van der Waals surface area contributed by atoms with Crippen LogP contribution in [-0.2, 0) is 6.54 Å². The lowest BCUT2D eigenvalue weighted by atomic mass is 10.1. The summed E-state index contributed by atoms with van der Waals surface area (Å²) in [7, 11) is 0. The van der Waals surface area contributed by atoms with Gasteiger partial charge in [0.25, 0.3) is 0 Å². The Bertz CT molecular complexity index is 497. The van der Waals surface area contributed by atoms with Crippen molar-refractivity contribution in [2.24, 2.45) is 0 Å². The topological polar surface area (TPSA) is 40.7 Å². The first-order valence-electron chi connectivity index (χ1n) is 5.88. The van der Waals surface area contributed by atoms with Gasteiger partial charge < -0.3 is 10.3 Å². The first kappa shape index (κ1) is 12.7. The van der Waals surface area contributed by atoms with E-state index in [2.05, 4.69) is 15.3 Å². The molecule has 1 aromatic heterocycles. The number of hydrogen-bond acceptors (Lipinski definition) is 2. The SMILES string of the molecule is CCC(NCc1cccc(F)c1F)c1ncc[nH]1. The molecular weight excluding hydrogens is 236 g/mol. The lowest BCUT2D eigenvalue weighted by Crippen LogP contribution is -2.22. The summed E-state index contributed by atoms with van der Waals surface area (Å²) in [4.78, 5) is 7.16. The number of halogens is 2. The van der Waals surface area contributed by atoms with Crippen LogP contribution in [0.2, 0.25) is 0 Å². The van der Waals surface area contributed by atoms with Crippen molar-refractivity contribution in [2.45, 2.75) is 25.9 Å². The molecule has 3 nitrogen and oxygen atoms in total. The quantitative estimate of drug-likeness (QED) is 0.857. The maximum atomic E-state index is 13.5. The van der Waals surface area contributed by atoms with Crippen molar-refractivity contribution in [2.75, 3.05) is 0 Å². The van der Waals surface area contributed by atoms with Gasteiger partial charge in [-0.1, -0.05) is 19.1 Å². The maximum Gasteiger partial charge on any atom is 0.163 e. The predicted molar refractivity (Wildman–Crippen MR) is 64.8 cm³/mol. The molecule has 0 saturated heterocycles. The van der Waals surface area contributed by atoms with Crippen LogP contribution in [0.15, 0.2) is 30.6 Å². The normalized spacial score (nSPS) is 12.6. The fraction of sp³-hybridized carbons (Fsp3) is 0.308. The molecule has 0 aliphatic rings. The second-order valence-electron chi connectivity index (χ2n) is 4.03. The Morgan fingerprint density at radius 2 is 2.22 bits per heavy atom. The van der Waals surface area contributed by atoms with Crippen molar-refractivity contribution in [3.05, 3.63) is 53.6 Å². The highest BCUT2D eigenvalue weighted by molar-refractivity contribution is 5.19. The van der Waals surface area contributed by atoms with Crippen molar-refractivity contribution in [3.63, 3.8) is 0 Å². The summed E-state index contributed by atoms with van der Waals surface area (Å²) in [5, 5.41) is 3.16. The minimum Gasteiger partial charge on any atom is -0.347 e. The first-order valence-corrected chi connectivity index (χ1v) is 5.88. The summed E-state index contributed by atoms with van der Waals surface area (Å²) < 4.78 is 26.5. The molecule has 0 aliphatic heterocycles. The van der Waals surface area contributed by atoms with Gasteiger partial charge in [0.2, 0.25) is 0 Å². The van der Waals surface area contributed by atoms with Crippen LogP contribution >= 0.6 is 0 Å². The number of aromatic amines is 1. The van der Waals surface area contributed by atoms with Gasteiger partial charge in [0.1, 0.15) is 5.82 Å². The van der Waals surface area contributed by atoms with E-state index in [9.17, 15) is 8.78 Å². The summed E-state index contributed by atoms with van der Waals surface area (Å²) in [5.41, 5.74) is 0.319. The lowest BCUT2D eigenvalue weighted by molar-refractivity contribution is 0.465. The molecule has 1 unspecified atom stereocenters. The molecule has 0 fully saturated rings. The van der Waals surface area contributed by atoms with E-state index in [-0.39, 0.29) is 12.6 Å². The van der Waals surface area contributed by atoms with Crippen LogP contribution in [0.5, 0.6) is 0 Å². The number of benzene rings is 1. The van der Waals surface area contributed by atoms with E-state index >= 15 is 0 Å². The molecule has 0 saturated carbocycles. The van der Waals surface area contributed by atoms with Gasteiger partial charge >= 0.3 is 0 Å². The Balaban J connectivity index is 2.04. The van der Waals surface area contributed by atoms with Crippen LogP contribution in [0.4, 0.5) is 8.78 Å². The van der Waals surface area contributed by atoms with E-state index in [0.29, 0.717) is 5.56 Å². The van der Waals surface area contributed by atoms with Gasteiger partial charge in [-0.05, 0) is 12.5 Å². The van der Waals surface area contributed by atoms with Crippen LogP contribution in [0.25, 0.3) is 0 Å². The molecule has 2 rings (SSSR count). The molecule has 1 heterocycles. The molecule has 0 aliphatic carbocycles. The van der Waals surface area contributed by atoms with Crippen molar-refractivity contribution in [1.29, 1.82) is 0 Å². The molecular formula is C13H15F2N3. The Kier molecular flexibility index (Phi) is 4.04. The number of nitrogens with one attached hydrogen (secondary N) is 2. The van der Waals surface area contributed by atoms with Gasteiger partial charge in [0.15, 0.2) is 11.6 Å². The molecule has 1 aromatic carbocycles. The number of hydrogen-bond donors (Lipinski definition) is 2. The third kappa shape index (κ3) is 2.73. The molecule has 0 amide bonds. The highest BCUT2D eigenvalue weighted by Gasteiger charge is 2.13. The largest absolute Gasteiger partial charge is 0.347 e. The molecule has 5 heteroatoms. The van der Waals surface area contributed by atoms with Gasteiger partial charge in [0, 0.05) is 24.5 Å². The Morgan fingerprint density at radius 3 is 2.89 bits per heavy atom. The van der Waals surface area contributed by atoms with Crippen molar-refractivity contribution < 1.29 is 8.78 Å². The number of aromatic nitrogens is 2. The average molecular weight is 251 g/mol. The lowest BCUT2D eigenvalue weighted by Gasteiger charge is -2.15. The second-order valence-corrected chi connectivity index (χ2v) is 4.03. The molecule has 2 aromatic rings. The minimum atomic E-state index is -0.819. The number of nitrogens with zero attached hydrogens (tertiary/aromatic N) is 1. The van der Waals surface area contributed by atoms with Crippen LogP contribution in [0.3, 0.4) is 0 Å². The third-order valence-corrected chi connectivity index (χ3v) is 2.83. The summed E-state index contributed by atoms with van der Waals surface area (Å²) in [5.74, 6) is -0.811. The third-order valence-electron chi connectivity index (χ3n) is 2.83. The van der Waals surface area contributed by atoms with Gasteiger partial charge in [-0.2, -0.15) is 0 Å². The Morgan fingerprint density at radius 1 is 1.39 bits per heavy atom. The van der Waals surface area contributed by atoms with Crippen molar-refractivity contribution in [3.8, 4) is 0 Å². The van der Waals surface area contributed by atoms with Crippen LogP contribution < -0.4 is 5.32 Å². The number of imidazole rings is 1. The predicted octanol–water partition coefficient (Wildman–Crippen LogP) is 2.93. The van der Waals surface area contributed by atoms with Gasteiger partial charge in [0.05, 0.1) is 6.04 Å². The second kappa shape index (κ2) is 5.73. The summed E-state index contributed by atoms with van der Waals surface area (Å²) in [6.07, 6.45) is 4.22. The molecule has 96 valence electrons. The minimum absolute atomic E-state index is 0.00247. The van der Waals surface area contributed by atoms with Crippen LogP contribution in [-0.4, -0.2) is 9.97 Å². The zero-order valence-corrected chi connectivity index (χ0v) is 10.1. The highest BCUT2D eigenvalue weighted by Crippen LogP contribution is 2.15. The van der Waals surface area contributed by atoms with Crippen molar-refractivity contribution in [1.82, 2.24) is 15.3 Å². The van der Waals surface area contributed by atoms with Gasteiger partial charge in [-0.3, -0.25) is 0 Å². The molecule has 0 bridgehead atoms. The molecule has 0 spiro atoms. The monoisotopic (exact) mass is 251 g/mol. The standard InChI is InChI=1S/C13H15F2N3/c1-2-11(13-16-6-7-17-13)18-8-9-4-3-5-10(14)12(9)15/h3-7,11,18H,2,8H2,1H3,(H,16,17). The van der Waals surface area contributed by atoms with Crippen molar-refractivity contribution >= 4 is 0 Å².